The summed E-state index contributed by atoms with van der Waals surface area (Å²) in [5.74, 6) is -2.24. The van der Waals surface area contributed by atoms with Crippen molar-refractivity contribution in [3.8, 4) is 0 Å². The molecule has 0 rings (SSSR count). The van der Waals surface area contributed by atoms with E-state index in [0.29, 0.717) is 12.8 Å². The van der Waals surface area contributed by atoms with Crippen LogP contribution in [0.5, 0.6) is 0 Å². The molecule has 0 aliphatic carbocycles. The second-order valence-corrected chi connectivity index (χ2v) is 5.46. The molecule has 0 aromatic rings. The van der Waals surface area contributed by atoms with Crippen molar-refractivity contribution in [2.75, 3.05) is 0 Å². The van der Waals surface area contributed by atoms with Gasteiger partial charge >= 0.3 is 11.9 Å². The van der Waals surface area contributed by atoms with Crippen molar-refractivity contribution in [2.24, 2.45) is 17.3 Å². The number of carboxylic acid groups (broad SMARTS) is 2. The molecule has 4 heteroatoms. The van der Waals surface area contributed by atoms with E-state index >= 15 is 0 Å². The summed E-state index contributed by atoms with van der Waals surface area (Å²) in [6, 6.07) is 0. The minimum absolute atomic E-state index is 0.120. The first kappa shape index (κ1) is 15.9. The Kier molecular flexibility index (Phi) is 6.21. The molecule has 0 spiro atoms. The van der Waals surface area contributed by atoms with Crippen LogP contribution in [0, 0.1) is 17.3 Å². The zero-order chi connectivity index (χ0) is 13.6. The van der Waals surface area contributed by atoms with Gasteiger partial charge in [-0.15, -0.1) is 0 Å². The molecule has 2 N–H and O–H groups in total. The Hall–Kier alpha value is -1.06. The molecule has 100 valence electrons. The number of carbonyl (C=O) groups is 2. The van der Waals surface area contributed by atoms with Gasteiger partial charge in [-0.05, 0) is 32.6 Å². The van der Waals surface area contributed by atoms with Gasteiger partial charge in [-0.25, -0.2) is 0 Å². The first-order chi connectivity index (χ1) is 7.72. The Balaban J connectivity index is 4.57. The first-order valence-electron chi connectivity index (χ1n) is 6.18. The predicted molar refractivity (Wildman–Crippen MR) is 65.8 cm³/mol. The van der Waals surface area contributed by atoms with Crippen LogP contribution in [0.25, 0.3) is 0 Å². The second-order valence-electron chi connectivity index (χ2n) is 5.46. The number of hydrogen-bond acceptors (Lipinski definition) is 2. The molecule has 17 heavy (non-hydrogen) atoms. The maximum atomic E-state index is 11.2. The van der Waals surface area contributed by atoms with E-state index in [0.717, 1.165) is 12.8 Å². The van der Waals surface area contributed by atoms with Crippen LogP contribution in [0.15, 0.2) is 0 Å². The molecule has 0 aromatic carbocycles. The Morgan fingerprint density at radius 3 is 2.12 bits per heavy atom. The van der Waals surface area contributed by atoms with Gasteiger partial charge in [0.15, 0.2) is 0 Å². The largest absolute Gasteiger partial charge is 0.481 e. The Bertz CT molecular complexity index is 271. The molecule has 0 aliphatic heterocycles. The van der Waals surface area contributed by atoms with E-state index in [1.165, 1.54) is 0 Å². The Labute approximate surface area is 103 Å². The molecule has 0 fully saturated rings. The smallest absolute Gasteiger partial charge is 0.309 e. The average molecular weight is 244 g/mol. The molecule has 2 unspecified atom stereocenters. The first-order valence-corrected chi connectivity index (χ1v) is 6.18. The highest BCUT2D eigenvalue weighted by Crippen LogP contribution is 2.32. The van der Waals surface area contributed by atoms with Crippen molar-refractivity contribution in [1.82, 2.24) is 0 Å². The van der Waals surface area contributed by atoms with E-state index < -0.39 is 23.3 Å². The monoisotopic (exact) mass is 244 g/mol. The van der Waals surface area contributed by atoms with E-state index in [1.807, 2.05) is 13.8 Å². The lowest BCUT2D eigenvalue weighted by atomic mass is 9.77. The molecular formula is C13H24O4. The van der Waals surface area contributed by atoms with E-state index in [1.54, 1.807) is 13.8 Å². The fourth-order valence-corrected chi connectivity index (χ4v) is 2.11. The number of carboxylic acids is 2. The van der Waals surface area contributed by atoms with Crippen molar-refractivity contribution in [1.29, 1.82) is 0 Å². The van der Waals surface area contributed by atoms with Crippen LogP contribution in [-0.2, 0) is 9.59 Å². The summed E-state index contributed by atoms with van der Waals surface area (Å²) in [5, 5.41) is 18.2. The molecule has 0 radical (unpaired) electrons. The molecule has 0 aromatic heterocycles. The van der Waals surface area contributed by atoms with Crippen LogP contribution >= 0.6 is 0 Å². The van der Waals surface area contributed by atoms with Gasteiger partial charge in [-0.2, -0.15) is 0 Å². The van der Waals surface area contributed by atoms with Crippen LogP contribution in [0.1, 0.15) is 53.4 Å². The fourth-order valence-electron chi connectivity index (χ4n) is 2.11. The van der Waals surface area contributed by atoms with Crippen molar-refractivity contribution in [2.45, 2.75) is 53.4 Å². The number of hydrogen-bond donors (Lipinski definition) is 2. The average Bonchev–Trinajstić information content (AvgIpc) is 2.16. The van der Waals surface area contributed by atoms with E-state index in [-0.39, 0.29) is 5.92 Å². The molecule has 0 heterocycles. The number of unbranched alkanes of at least 4 members (excludes halogenated alkanes) is 1. The number of rotatable bonds is 8. The summed E-state index contributed by atoms with van der Waals surface area (Å²) >= 11 is 0. The van der Waals surface area contributed by atoms with Crippen LogP contribution in [-0.4, -0.2) is 22.2 Å². The van der Waals surface area contributed by atoms with Crippen molar-refractivity contribution in [3.63, 3.8) is 0 Å². The number of aliphatic carboxylic acids is 2. The summed E-state index contributed by atoms with van der Waals surface area (Å²) in [5.41, 5.74) is -0.862. The van der Waals surface area contributed by atoms with Crippen LogP contribution in [0.4, 0.5) is 0 Å². The maximum absolute atomic E-state index is 11.2. The minimum atomic E-state index is -0.871. The summed E-state index contributed by atoms with van der Waals surface area (Å²) < 4.78 is 0. The maximum Gasteiger partial charge on any atom is 0.309 e. The molecule has 0 bridgehead atoms. The Morgan fingerprint density at radius 1 is 1.24 bits per heavy atom. The van der Waals surface area contributed by atoms with Gasteiger partial charge in [-0.1, -0.05) is 26.7 Å². The van der Waals surface area contributed by atoms with Crippen LogP contribution in [0.3, 0.4) is 0 Å². The topological polar surface area (TPSA) is 74.6 Å². The fraction of sp³-hybridized carbons (Fsp3) is 0.846. The van der Waals surface area contributed by atoms with Gasteiger partial charge in [0.05, 0.1) is 11.3 Å². The molecule has 4 nitrogen and oxygen atoms in total. The van der Waals surface area contributed by atoms with Gasteiger partial charge in [0.25, 0.3) is 0 Å². The van der Waals surface area contributed by atoms with E-state index in [2.05, 4.69) is 0 Å². The third-order valence-electron chi connectivity index (χ3n) is 3.28. The molecule has 0 amide bonds. The molecule has 2 atom stereocenters. The molecule has 0 aliphatic rings. The van der Waals surface area contributed by atoms with Crippen LogP contribution in [0.2, 0.25) is 0 Å². The highest BCUT2D eigenvalue weighted by atomic mass is 16.4. The summed E-state index contributed by atoms with van der Waals surface area (Å²) in [4.78, 5) is 22.2. The lowest BCUT2D eigenvalue weighted by Gasteiger charge is -2.27. The van der Waals surface area contributed by atoms with Gasteiger partial charge in [0.1, 0.15) is 0 Å². The van der Waals surface area contributed by atoms with E-state index in [9.17, 15) is 9.59 Å². The van der Waals surface area contributed by atoms with E-state index in [4.69, 9.17) is 10.2 Å². The quantitative estimate of drug-likeness (QED) is 0.688. The standard InChI is InChI=1S/C13H24O4/c1-5-6-7-10(11(14)15)9(2)8-13(3,4)12(16)17/h9-10H,5-8H2,1-4H3,(H,14,15)(H,16,17). The summed E-state index contributed by atoms with van der Waals surface area (Å²) in [6.45, 7) is 7.14. The van der Waals surface area contributed by atoms with Gasteiger partial charge < -0.3 is 10.2 Å². The lowest BCUT2D eigenvalue weighted by Crippen LogP contribution is -2.31. The summed E-state index contributed by atoms with van der Waals surface area (Å²) in [7, 11) is 0. The third kappa shape index (κ3) is 5.20. The van der Waals surface area contributed by atoms with Crippen LogP contribution < -0.4 is 0 Å². The molecule has 0 saturated heterocycles. The van der Waals surface area contributed by atoms with Crippen molar-refractivity contribution < 1.29 is 19.8 Å². The minimum Gasteiger partial charge on any atom is -0.481 e. The SMILES string of the molecule is CCCCC(C(=O)O)C(C)CC(C)(C)C(=O)O. The van der Waals surface area contributed by atoms with Crippen molar-refractivity contribution >= 4 is 11.9 Å². The predicted octanol–water partition coefficient (Wildman–Crippen LogP) is 3.01. The third-order valence-corrected chi connectivity index (χ3v) is 3.28. The Morgan fingerprint density at radius 2 is 1.76 bits per heavy atom. The zero-order valence-corrected chi connectivity index (χ0v) is 11.2. The van der Waals surface area contributed by atoms with Gasteiger partial charge in [-0.3, -0.25) is 9.59 Å². The normalized spacial score (nSPS) is 15.3. The highest BCUT2D eigenvalue weighted by molar-refractivity contribution is 5.74. The van der Waals surface area contributed by atoms with Gasteiger partial charge in [0.2, 0.25) is 0 Å². The zero-order valence-electron chi connectivity index (χ0n) is 11.2. The van der Waals surface area contributed by atoms with Crippen molar-refractivity contribution in [3.05, 3.63) is 0 Å². The molecule has 0 saturated carbocycles. The van der Waals surface area contributed by atoms with Gasteiger partial charge in [0, 0.05) is 0 Å². The molecular weight excluding hydrogens is 220 g/mol. The highest BCUT2D eigenvalue weighted by Gasteiger charge is 2.34. The summed E-state index contributed by atoms with van der Waals surface area (Å²) in [6.07, 6.45) is 2.85. The second kappa shape index (κ2) is 6.62. The lowest BCUT2D eigenvalue weighted by molar-refractivity contribution is -0.151.